The van der Waals surface area contributed by atoms with Crippen LogP contribution in [0, 0.1) is 10.1 Å². The topological polar surface area (TPSA) is 103 Å². The first-order valence-electron chi connectivity index (χ1n) is 6.10. The molecule has 0 amide bonds. The van der Waals surface area contributed by atoms with Crippen LogP contribution in [0.5, 0.6) is 0 Å². The molecule has 1 aromatic heterocycles. The monoisotopic (exact) mass is 283 g/mol. The number of hydrogen-bond acceptors (Lipinski definition) is 8. The molecule has 1 saturated heterocycles. The average Bonchev–Trinajstić information content (AvgIpc) is 2.89. The SMILES string of the molecule is CNc1ncc([N+](=O)[O-])c(N2CC(OC)C(OC)C2)n1. The Morgan fingerprint density at radius 1 is 1.40 bits per heavy atom. The molecule has 0 bridgehead atoms. The van der Waals surface area contributed by atoms with Gasteiger partial charge in [0.2, 0.25) is 11.8 Å². The summed E-state index contributed by atoms with van der Waals surface area (Å²) in [6.07, 6.45) is 0.913. The van der Waals surface area contributed by atoms with Crippen molar-refractivity contribution in [2.75, 3.05) is 44.6 Å². The van der Waals surface area contributed by atoms with E-state index in [9.17, 15) is 10.1 Å². The summed E-state index contributed by atoms with van der Waals surface area (Å²) in [5, 5.41) is 13.9. The van der Waals surface area contributed by atoms with Crippen LogP contribution >= 0.6 is 0 Å². The lowest BCUT2D eigenvalue weighted by Gasteiger charge is -2.16. The van der Waals surface area contributed by atoms with E-state index in [-0.39, 0.29) is 23.7 Å². The molecule has 0 aromatic carbocycles. The Labute approximate surface area is 116 Å². The molecule has 0 spiro atoms. The van der Waals surface area contributed by atoms with Crippen molar-refractivity contribution in [3.63, 3.8) is 0 Å². The van der Waals surface area contributed by atoms with E-state index in [1.165, 1.54) is 6.20 Å². The molecule has 2 atom stereocenters. The van der Waals surface area contributed by atoms with Crippen LogP contribution in [0.3, 0.4) is 0 Å². The molecule has 9 heteroatoms. The number of nitro groups is 1. The van der Waals surface area contributed by atoms with Gasteiger partial charge in [0.15, 0.2) is 0 Å². The Hall–Kier alpha value is -2.00. The third kappa shape index (κ3) is 2.63. The second-order valence-electron chi connectivity index (χ2n) is 4.36. The molecule has 9 nitrogen and oxygen atoms in total. The Kier molecular flexibility index (Phi) is 4.30. The molecule has 2 heterocycles. The molecular formula is C11H17N5O4. The van der Waals surface area contributed by atoms with Gasteiger partial charge in [0, 0.05) is 34.4 Å². The molecule has 20 heavy (non-hydrogen) atoms. The summed E-state index contributed by atoms with van der Waals surface area (Å²) >= 11 is 0. The van der Waals surface area contributed by atoms with Gasteiger partial charge in [0.05, 0.1) is 4.92 Å². The molecule has 1 N–H and O–H groups in total. The molecule has 110 valence electrons. The Morgan fingerprint density at radius 2 is 2.00 bits per heavy atom. The molecule has 2 unspecified atom stereocenters. The predicted octanol–water partition coefficient (Wildman–Crippen LogP) is 0.276. The smallest absolute Gasteiger partial charge is 0.329 e. The highest BCUT2D eigenvalue weighted by Gasteiger charge is 2.36. The molecule has 1 aliphatic rings. The maximum absolute atomic E-state index is 11.1. The molecular weight excluding hydrogens is 266 g/mol. The number of aromatic nitrogens is 2. The first-order chi connectivity index (χ1) is 9.60. The molecule has 0 saturated carbocycles. The minimum atomic E-state index is -0.489. The molecule has 1 fully saturated rings. The van der Waals surface area contributed by atoms with Gasteiger partial charge >= 0.3 is 5.69 Å². The largest absolute Gasteiger partial charge is 0.377 e. The highest BCUT2D eigenvalue weighted by atomic mass is 16.6. The van der Waals surface area contributed by atoms with E-state index in [1.54, 1.807) is 26.2 Å². The van der Waals surface area contributed by atoms with Crippen molar-refractivity contribution in [1.82, 2.24) is 9.97 Å². The van der Waals surface area contributed by atoms with E-state index in [0.717, 1.165) is 0 Å². The summed E-state index contributed by atoms with van der Waals surface area (Å²) in [5.41, 5.74) is -0.129. The fraction of sp³-hybridized carbons (Fsp3) is 0.636. The summed E-state index contributed by atoms with van der Waals surface area (Å²) < 4.78 is 10.7. The summed E-state index contributed by atoms with van der Waals surface area (Å²) in [5.74, 6) is 0.608. The van der Waals surface area contributed by atoms with Crippen LogP contribution in [0.25, 0.3) is 0 Å². The van der Waals surface area contributed by atoms with Crippen molar-refractivity contribution in [2.45, 2.75) is 12.2 Å². The minimum absolute atomic E-state index is 0.129. The van der Waals surface area contributed by atoms with Gasteiger partial charge in [0.1, 0.15) is 18.4 Å². The van der Waals surface area contributed by atoms with Crippen LogP contribution in [0.4, 0.5) is 17.5 Å². The second kappa shape index (κ2) is 5.97. The summed E-state index contributed by atoms with van der Waals surface area (Å²) in [4.78, 5) is 20.4. The number of nitrogens with zero attached hydrogens (tertiary/aromatic N) is 4. The van der Waals surface area contributed by atoms with Crippen LogP contribution < -0.4 is 10.2 Å². The van der Waals surface area contributed by atoms with Gasteiger partial charge in [-0.3, -0.25) is 10.1 Å². The van der Waals surface area contributed by atoms with Crippen molar-refractivity contribution in [3.05, 3.63) is 16.3 Å². The zero-order valence-corrected chi connectivity index (χ0v) is 11.6. The van der Waals surface area contributed by atoms with Gasteiger partial charge in [-0.2, -0.15) is 4.98 Å². The average molecular weight is 283 g/mol. The fourth-order valence-electron chi connectivity index (χ4n) is 2.22. The molecule has 1 aromatic rings. The van der Waals surface area contributed by atoms with Gasteiger partial charge in [-0.15, -0.1) is 0 Å². The first-order valence-corrected chi connectivity index (χ1v) is 6.10. The van der Waals surface area contributed by atoms with Crippen molar-refractivity contribution in [2.24, 2.45) is 0 Å². The van der Waals surface area contributed by atoms with Crippen LogP contribution in [-0.4, -0.2) is 61.5 Å². The van der Waals surface area contributed by atoms with Crippen molar-refractivity contribution in [1.29, 1.82) is 0 Å². The Balaban J connectivity index is 2.34. The zero-order chi connectivity index (χ0) is 14.7. The zero-order valence-electron chi connectivity index (χ0n) is 11.6. The van der Waals surface area contributed by atoms with E-state index in [0.29, 0.717) is 19.0 Å². The van der Waals surface area contributed by atoms with Gasteiger partial charge < -0.3 is 19.7 Å². The van der Waals surface area contributed by atoms with Crippen LogP contribution in [0.1, 0.15) is 0 Å². The molecule has 2 rings (SSSR count). The summed E-state index contributed by atoms with van der Waals surface area (Å²) in [6, 6.07) is 0. The number of ether oxygens (including phenoxy) is 2. The number of anilines is 2. The highest BCUT2D eigenvalue weighted by molar-refractivity contribution is 5.59. The van der Waals surface area contributed by atoms with Crippen molar-refractivity contribution >= 4 is 17.5 Å². The Morgan fingerprint density at radius 3 is 2.45 bits per heavy atom. The minimum Gasteiger partial charge on any atom is -0.377 e. The van der Waals surface area contributed by atoms with Crippen LogP contribution in [0.2, 0.25) is 0 Å². The molecule has 0 aliphatic carbocycles. The quantitative estimate of drug-likeness (QED) is 0.607. The number of nitrogens with one attached hydrogen (secondary N) is 1. The van der Waals surface area contributed by atoms with E-state index < -0.39 is 4.92 Å². The van der Waals surface area contributed by atoms with Crippen molar-refractivity contribution in [3.8, 4) is 0 Å². The van der Waals surface area contributed by atoms with Gasteiger partial charge in [0.25, 0.3) is 0 Å². The molecule has 0 radical (unpaired) electrons. The van der Waals surface area contributed by atoms with Crippen molar-refractivity contribution < 1.29 is 14.4 Å². The lowest BCUT2D eigenvalue weighted by atomic mass is 10.3. The second-order valence-corrected chi connectivity index (χ2v) is 4.36. The van der Waals surface area contributed by atoms with E-state index in [2.05, 4.69) is 15.3 Å². The fourth-order valence-corrected chi connectivity index (χ4v) is 2.22. The van der Waals surface area contributed by atoms with E-state index >= 15 is 0 Å². The number of methoxy groups -OCH3 is 2. The summed E-state index contributed by atoms with van der Waals surface area (Å²) in [7, 11) is 4.84. The third-order valence-electron chi connectivity index (χ3n) is 3.29. The lowest BCUT2D eigenvalue weighted by Crippen LogP contribution is -2.27. The van der Waals surface area contributed by atoms with E-state index in [1.807, 2.05) is 0 Å². The van der Waals surface area contributed by atoms with Gasteiger partial charge in [-0.25, -0.2) is 4.98 Å². The number of hydrogen-bond donors (Lipinski definition) is 1. The summed E-state index contributed by atoms with van der Waals surface area (Å²) in [6.45, 7) is 0.964. The molecule has 1 aliphatic heterocycles. The lowest BCUT2D eigenvalue weighted by molar-refractivity contribution is -0.384. The Bertz CT molecular complexity index is 486. The van der Waals surface area contributed by atoms with Crippen LogP contribution in [0.15, 0.2) is 6.20 Å². The van der Waals surface area contributed by atoms with Gasteiger partial charge in [-0.1, -0.05) is 0 Å². The normalized spacial score (nSPS) is 22.1. The number of rotatable bonds is 5. The predicted molar refractivity (Wildman–Crippen MR) is 72.0 cm³/mol. The highest BCUT2D eigenvalue weighted by Crippen LogP contribution is 2.30. The maximum Gasteiger partial charge on any atom is 0.329 e. The first kappa shape index (κ1) is 14.4. The van der Waals surface area contributed by atoms with Gasteiger partial charge in [-0.05, 0) is 0 Å². The third-order valence-corrected chi connectivity index (χ3v) is 3.29. The van der Waals surface area contributed by atoms with E-state index in [4.69, 9.17) is 9.47 Å². The van der Waals surface area contributed by atoms with Crippen LogP contribution in [-0.2, 0) is 9.47 Å². The standard InChI is InChI=1S/C11H17N5O4/c1-12-11-13-4-7(16(17)18)10(14-11)15-5-8(19-2)9(6-15)20-3/h4,8-9H,5-6H2,1-3H3,(H,12,13,14). The maximum atomic E-state index is 11.1.